The Balaban J connectivity index is 1.88. The summed E-state index contributed by atoms with van der Waals surface area (Å²) in [5.74, 6) is -0.394. The quantitative estimate of drug-likeness (QED) is 0.615. The minimum absolute atomic E-state index is 0.0386. The Labute approximate surface area is 170 Å². The van der Waals surface area contributed by atoms with Gasteiger partial charge in [-0.2, -0.15) is 0 Å². The average molecular weight is 466 g/mol. The summed E-state index contributed by atoms with van der Waals surface area (Å²) in [5.41, 5.74) is 1.75. The van der Waals surface area contributed by atoms with Crippen LogP contribution in [0.2, 0.25) is 0 Å². The summed E-state index contributed by atoms with van der Waals surface area (Å²) in [5, 5.41) is 5.54. The second kappa shape index (κ2) is 7.89. The number of nitrogens with zero attached hydrogens (tertiary/aromatic N) is 2. The maximum absolute atomic E-state index is 12.6. The van der Waals surface area contributed by atoms with Gasteiger partial charge in [0, 0.05) is 47.0 Å². The molecule has 1 amide bonds. The van der Waals surface area contributed by atoms with Crippen molar-refractivity contribution in [2.75, 3.05) is 19.4 Å². The molecule has 0 saturated heterocycles. The highest BCUT2D eigenvalue weighted by Crippen LogP contribution is 2.27. The van der Waals surface area contributed by atoms with Crippen molar-refractivity contribution in [3.8, 4) is 10.6 Å². The molecule has 27 heavy (non-hydrogen) atoms. The Morgan fingerprint density at radius 1 is 1.19 bits per heavy atom. The summed E-state index contributed by atoms with van der Waals surface area (Å²) in [7, 11) is -0.787. The lowest BCUT2D eigenvalue weighted by molar-refractivity contribution is 0.102. The first-order chi connectivity index (χ1) is 12.8. The van der Waals surface area contributed by atoms with E-state index in [4.69, 9.17) is 0 Å². The highest BCUT2D eigenvalue weighted by atomic mass is 79.9. The molecule has 0 aliphatic heterocycles. The number of anilines is 1. The first-order valence-electron chi connectivity index (χ1n) is 7.82. The number of thiazole rings is 1. The molecule has 0 aliphatic rings. The number of nitrogens with one attached hydrogen (secondary N) is 1. The molecule has 140 valence electrons. The SMILES string of the molecule is CN(C)S(=O)(=O)c1cc(C(=O)Nc2cccc(-c3nccs3)c2)ccc1Br. The van der Waals surface area contributed by atoms with Gasteiger partial charge in [-0.25, -0.2) is 17.7 Å². The lowest BCUT2D eigenvalue weighted by atomic mass is 10.2. The van der Waals surface area contributed by atoms with Gasteiger partial charge in [0.15, 0.2) is 0 Å². The van der Waals surface area contributed by atoms with Gasteiger partial charge in [-0.05, 0) is 46.3 Å². The molecule has 6 nitrogen and oxygen atoms in total. The number of rotatable bonds is 5. The molecule has 0 aliphatic carbocycles. The van der Waals surface area contributed by atoms with Gasteiger partial charge in [0.25, 0.3) is 5.91 Å². The number of benzene rings is 2. The number of carbonyl (C=O) groups excluding carboxylic acids is 1. The fourth-order valence-corrected chi connectivity index (χ4v) is 4.82. The van der Waals surface area contributed by atoms with Gasteiger partial charge in [-0.15, -0.1) is 11.3 Å². The van der Waals surface area contributed by atoms with Crippen molar-refractivity contribution in [3.05, 3.63) is 64.1 Å². The maximum atomic E-state index is 12.6. The maximum Gasteiger partial charge on any atom is 0.255 e. The molecule has 0 bridgehead atoms. The minimum Gasteiger partial charge on any atom is -0.322 e. The molecular weight excluding hydrogens is 450 g/mol. The van der Waals surface area contributed by atoms with Crippen LogP contribution in [0.25, 0.3) is 10.6 Å². The molecule has 3 aromatic rings. The fraction of sp³-hybridized carbons (Fsp3) is 0.111. The number of amides is 1. The molecule has 1 N–H and O–H groups in total. The number of aromatic nitrogens is 1. The van der Waals surface area contributed by atoms with Crippen LogP contribution in [0.15, 0.2) is 63.4 Å². The highest BCUT2D eigenvalue weighted by Gasteiger charge is 2.22. The Hall–Kier alpha value is -2.07. The zero-order chi connectivity index (χ0) is 19.6. The number of carbonyl (C=O) groups is 1. The summed E-state index contributed by atoms with van der Waals surface area (Å²) in [4.78, 5) is 16.9. The summed E-state index contributed by atoms with van der Waals surface area (Å²) in [6, 6.07) is 11.8. The third kappa shape index (κ3) is 4.27. The van der Waals surface area contributed by atoms with E-state index in [0.717, 1.165) is 14.9 Å². The van der Waals surface area contributed by atoms with Crippen LogP contribution < -0.4 is 5.32 Å². The van der Waals surface area contributed by atoms with E-state index in [-0.39, 0.29) is 10.5 Å². The van der Waals surface area contributed by atoms with Crippen LogP contribution in [-0.2, 0) is 10.0 Å². The van der Waals surface area contributed by atoms with Gasteiger partial charge >= 0.3 is 0 Å². The van der Waals surface area contributed by atoms with Crippen molar-refractivity contribution in [3.63, 3.8) is 0 Å². The van der Waals surface area contributed by atoms with E-state index < -0.39 is 15.9 Å². The van der Waals surface area contributed by atoms with Crippen molar-refractivity contribution in [1.29, 1.82) is 0 Å². The second-order valence-electron chi connectivity index (χ2n) is 5.80. The number of hydrogen-bond acceptors (Lipinski definition) is 5. The molecule has 3 rings (SSSR count). The molecule has 0 radical (unpaired) electrons. The predicted octanol–water partition coefficient (Wildman–Crippen LogP) is 4.08. The van der Waals surface area contributed by atoms with Crippen molar-refractivity contribution in [1.82, 2.24) is 9.29 Å². The van der Waals surface area contributed by atoms with E-state index in [0.29, 0.717) is 10.2 Å². The molecule has 0 unspecified atom stereocenters. The van der Waals surface area contributed by atoms with E-state index in [1.165, 1.54) is 31.5 Å². The van der Waals surface area contributed by atoms with Crippen LogP contribution in [-0.4, -0.2) is 37.7 Å². The molecule has 0 atom stereocenters. The lowest BCUT2D eigenvalue weighted by Gasteiger charge is -2.14. The number of halogens is 1. The van der Waals surface area contributed by atoms with Crippen molar-refractivity contribution >= 4 is 48.9 Å². The zero-order valence-electron chi connectivity index (χ0n) is 14.5. The van der Waals surface area contributed by atoms with Gasteiger partial charge in [0.2, 0.25) is 10.0 Å². The van der Waals surface area contributed by atoms with Gasteiger partial charge in [-0.3, -0.25) is 4.79 Å². The van der Waals surface area contributed by atoms with Crippen LogP contribution in [0.3, 0.4) is 0 Å². The molecule has 1 aromatic heterocycles. The van der Waals surface area contributed by atoms with E-state index in [9.17, 15) is 13.2 Å². The summed E-state index contributed by atoms with van der Waals surface area (Å²) < 4.78 is 26.3. The monoisotopic (exact) mass is 465 g/mol. The van der Waals surface area contributed by atoms with E-state index >= 15 is 0 Å². The zero-order valence-corrected chi connectivity index (χ0v) is 17.7. The largest absolute Gasteiger partial charge is 0.322 e. The molecular formula is C18H16BrN3O3S2. The summed E-state index contributed by atoms with van der Waals surface area (Å²) in [6.45, 7) is 0. The van der Waals surface area contributed by atoms with E-state index in [1.54, 1.807) is 24.4 Å². The van der Waals surface area contributed by atoms with Gasteiger partial charge in [0.05, 0.1) is 4.90 Å². The van der Waals surface area contributed by atoms with Gasteiger partial charge < -0.3 is 5.32 Å². The van der Waals surface area contributed by atoms with Gasteiger partial charge in [-0.1, -0.05) is 12.1 Å². The van der Waals surface area contributed by atoms with E-state index in [1.807, 2.05) is 23.6 Å². The van der Waals surface area contributed by atoms with Crippen molar-refractivity contribution < 1.29 is 13.2 Å². The Morgan fingerprint density at radius 2 is 1.96 bits per heavy atom. The molecule has 9 heteroatoms. The molecule has 0 spiro atoms. The normalized spacial score (nSPS) is 11.6. The predicted molar refractivity (Wildman–Crippen MR) is 111 cm³/mol. The molecule has 1 heterocycles. The third-order valence-electron chi connectivity index (χ3n) is 3.75. The number of sulfonamides is 1. The third-order valence-corrected chi connectivity index (χ3v) is 7.38. The van der Waals surface area contributed by atoms with Crippen LogP contribution in [0, 0.1) is 0 Å². The van der Waals surface area contributed by atoms with Crippen molar-refractivity contribution in [2.45, 2.75) is 4.90 Å². The van der Waals surface area contributed by atoms with Gasteiger partial charge in [0.1, 0.15) is 5.01 Å². The van der Waals surface area contributed by atoms with E-state index in [2.05, 4.69) is 26.2 Å². The van der Waals surface area contributed by atoms with Crippen LogP contribution in [0.1, 0.15) is 10.4 Å². The first-order valence-corrected chi connectivity index (χ1v) is 10.9. The van der Waals surface area contributed by atoms with Crippen LogP contribution in [0.4, 0.5) is 5.69 Å². The van der Waals surface area contributed by atoms with Crippen LogP contribution in [0.5, 0.6) is 0 Å². The molecule has 0 saturated carbocycles. The smallest absolute Gasteiger partial charge is 0.255 e. The summed E-state index contributed by atoms with van der Waals surface area (Å²) >= 11 is 4.75. The number of hydrogen-bond donors (Lipinski definition) is 1. The topological polar surface area (TPSA) is 79.4 Å². The highest BCUT2D eigenvalue weighted by molar-refractivity contribution is 9.10. The fourth-order valence-electron chi connectivity index (χ4n) is 2.34. The minimum atomic E-state index is -3.67. The Morgan fingerprint density at radius 3 is 2.63 bits per heavy atom. The lowest BCUT2D eigenvalue weighted by Crippen LogP contribution is -2.23. The second-order valence-corrected chi connectivity index (χ2v) is 9.67. The first kappa shape index (κ1) is 19.7. The molecule has 0 fully saturated rings. The molecule has 2 aromatic carbocycles. The Kier molecular flexibility index (Phi) is 5.75. The van der Waals surface area contributed by atoms with Crippen LogP contribution >= 0.6 is 27.3 Å². The van der Waals surface area contributed by atoms with Crippen molar-refractivity contribution in [2.24, 2.45) is 0 Å². The Bertz CT molecular complexity index is 1080. The summed E-state index contributed by atoms with van der Waals surface area (Å²) in [6.07, 6.45) is 1.72. The standard InChI is InChI=1S/C18H16BrN3O3S2/c1-22(2)27(24,25)16-11-12(6-7-15(16)19)17(23)21-14-5-3-4-13(10-14)18-20-8-9-26-18/h3-11H,1-2H3,(H,21,23). The average Bonchev–Trinajstić information content (AvgIpc) is 3.16.